The molecule has 0 saturated heterocycles. The number of nitrogens with two attached hydrogens (primary N) is 1. The average Bonchev–Trinajstić information content (AvgIpc) is 2.96. The second-order valence-electron chi connectivity index (χ2n) is 4.05. The van der Waals surface area contributed by atoms with Crippen molar-refractivity contribution in [2.24, 2.45) is 5.73 Å². The normalized spacial score (nSPS) is 10.1. The van der Waals surface area contributed by atoms with E-state index in [2.05, 4.69) is 10.6 Å². The Morgan fingerprint density at radius 3 is 2.55 bits per heavy atom. The summed E-state index contributed by atoms with van der Waals surface area (Å²) in [5.74, 6) is -0.0315. The third-order valence-corrected chi connectivity index (χ3v) is 2.73. The summed E-state index contributed by atoms with van der Waals surface area (Å²) in [5.41, 5.74) is 6.22. The predicted molar refractivity (Wildman–Crippen MR) is 74.4 cm³/mol. The van der Waals surface area contributed by atoms with Crippen molar-refractivity contribution >= 4 is 17.5 Å². The Labute approximate surface area is 116 Å². The van der Waals surface area contributed by atoms with Gasteiger partial charge in [0.1, 0.15) is 5.76 Å². The highest BCUT2D eigenvalue weighted by Gasteiger charge is 2.15. The van der Waals surface area contributed by atoms with Gasteiger partial charge in [-0.3, -0.25) is 9.59 Å². The van der Waals surface area contributed by atoms with E-state index in [-0.39, 0.29) is 18.2 Å². The van der Waals surface area contributed by atoms with Crippen LogP contribution in [0.1, 0.15) is 26.7 Å². The Kier molecular flexibility index (Phi) is 4.17. The van der Waals surface area contributed by atoms with Gasteiger partial charge in [-0.15, -0.1) is 0 Å². The van der Waals surface area contributed by atoms with Crippen molar-refractivity contribution in [1.82, 2.24) is 5.32 Å². The second-order valence-corrected chi connectivity index (χ2v) is 4.05. The fourth-order valence-corrected chi connectivity index (χ4v) is 1.72. The molecule has 0 bridgehead atoms. The molecule has 0 saturated carbocycles. The monoisotopic (exact) mass is 273 g/mol. The zero-order chi connectivity index (χ0) is 14.5. The molecule has 0 aliphatic carbocycles. The Balaban J connectivity index is 2.21. The van der Waals surface area contributed by atoms with Crippen molar-refractivity contribution in [1.29, 1.82) is 0 Å². The molecule has 0 aliphatic rings. The minimum Gasteiger partial charge on any atom is -0.455 e. The summed E-state index contributed by atoms with van der Waals surface area (Å²) < 4.78 is 5.26. The first-order valence-corrected chi connectivity index (χ1v) is 6.07. The predicted octanol–water partition coefficient (Wildman–Crippen LogP) is 1.35. The largest absolute Gasteiger partial charge is 0.455 e. The molecule has 20 heavy (non-hydrogen) atoms. The molecule has 6 heteroatoms. The maximum absolute atomic E-state index is 12.0. The van der Waals surface area contributed by atoms with E-state index < -0.39 is 5.91 Å². The number of benzene rings is 1. The van der Waals surface area contributed by atoms with Gasteiger partial charge in [-0.05, 0) is 24.3 Å². The quantitative estimate of drug-likeness (QED) is 0.783. The zero-order valence-corrected chi connectivity index (χ0v) is 11.0. The number of furan rings is 1. The molecule has 2 rings (SSSR count). The molecular weight excluding hydrogens is 258 g/mol. The van der Waals surface area contributed by atoms with Crippen molar-refractivity contribution in [3.8, 4) is 0 Å². The first-order chi connectivity index (χ1) is 9.65. The van der Waals surface area contributed by atoms with E-state index in [9.17, 15) is 9.59 Å². The molecule has 0 aliphatic heterocycles. The number of nitrogens with one attached hydrogen (secondary N) is 2. The molecule has 0 fully saturated rings. The maximum atomic E-state index is 12.0. The summed E-state index contributed by atoms with van der Waals surface area (Å²) >= 11 is 0. The third kappa shape index (κ3) is 2.86. The van der Waals surface area contributed by atoms with E-state index in [1.807, 2.05) is 0 Å². The van der Waals surface area contributed by atoms with E-state index in [4.69, 9.17) is 10.2 Å². The van der Waals surface area contributed by atoms with Crippen molar-refractivity contribution in [2.45, 2.75) is 6.54 Å². The molecular formula is C14H15N3O3. The fourth-order valence-electron chi connectivity index (χ4n) is 1.72. The number of carbonyl (C=O) groups excluding carboxylic acids is 2. The first-order valence-electron chi connectivity index (χ1n) is 6.07. The molecule has 104 valence electrons. The Hall–Kier alpha value is -2.60. The Morgan fingerprint density at radius 2 is 1.90 bits per heavy atom. The van der Waals surface area contributed by atoms with E-state index in [0.717, 1.165) is 0 Å². The van der Waals surface area contributed by atoms with Gasteiger partial charge < -0.3 is 20.8 Å². The summed E-state index contributed by atoms with van der Waals surface area (Å²) in [6, 6.07) is 9.91. The van der Waals surface area contributed by atoms with Crippen LogP contribution in [-0.4, -0.2) is 18.9 Å². The van der Waals surface area contributed by atoms with E-state index in [0.29, 0.717) is 17.0 Å². The van der Waals surface area contributed by atoms with Gasteiger partial charge in [0.05, 0.1) is 17.8 Å². The number of amides is 2. The number of anilines is 1. The standard InChI is InChI=1S/C14H15N3O3/c1-16-13(18)10-4-2-3-5-11(10)17-14(19)12-7-6-9(8-15)20-12/h2-7H,8,15H2,1H3,(H,16,18)(H,17,19). The van der Waals surface area contributed by atoms with Crippen LogP contribution in [0, 0.1) is 0 Å². The van der Waals surface area contributed by atoms with Crippen molar-refractivity contribution in [3.05, 3.63) is 53.5 Å². The smallest absolute Gasteiger partial charge is 0.291 e. The summed E-state index contributed by atoms with van der Waals surface area (Å²) in [4.78, 5) is 23.7. The van der Waals surface area contributed by atoms with Gasteiger partial charge in [0.15, 0.2) is 5.76 Å². The lowest BCUT2D eigenvalue weighted by molar-refractivity contribution is 0.0964. The molecule has 0 unspecified atom stereocenters. The van der Waals surface area contributed by atoms with Crippen LogP contribution in [0.15, 0.2) is 40.8 Å². The van der Waals surface area contributed by atoms with E-state index in [1.165, 1.54) is 7.05 Å². The molecule has 1 heterocycles. The van der Waals surface area contributed by atoms with Crippen molar-refractivity contribution in [2.75, 3.05) is 12.4 Å². The number of rotatable bonds is 4. The Morgan fingerprint density at radius 1 is 1.15 bits per heavy atom. The SMILES string of the molecule is CNC(=O)c1ccccc1NC(=O)c1ccc(CN)o1. The molecule has 0 atom stereocenters. The lowest BCUT2D eigenvalue weighted by Gasteiger charge is -2.08. The molecule has 2 aromatic rings. The topological polar surface area (TPSA) is 97.4 Å². The van der Waals surface area contributed by atoms with Crippen molar-refractivity contribution in [3.63, 3.8) is 0 Å². The number of carbonyl (C=O) groups is 2. The zero-order valence-electron chi connectivity index (χ0n) is 11.0. The maximum Gasteiger partial charge on any atom is 0.291 e. The van der Waals surface area contributed by atoms with Gasteiger partial charge in [-0.1, -0.05) is 12.1 Å². The summed E-state index contributed by atoms with van der Waals surface area (Å²) in [5, 5.41) is 5.16. The first kappa shape index (κ1) is 13.8. The third-order valence-electron chi connectivity index (χ3n) is 2.73. The fraction of sp³-hybridized carbons (Fsp3) is 0.143. The van der Waals surface area contributed by atoms with Gasteiger partial charge in [-0.25, -0.2) is 0 Å². The van der Waals surface area contributed by atoms with Gasteiger partial charge in [0.2, 0.25) is 0 Å². The molecule has 1 aromatic carbocycles. The van der Waals surface area contributed by atoms with Crippen molar-refractivity contribution < 1.29 is 14.0 Å². The average molecular weight is 273 g/mol. The molecule has 0 radical (unpaired) electrons. The number of hydrogen-bond acceptors (Lipinski definition) is 4. The number of para-hydroxylation sites is 1. The second kappa shape index (κ2) is 6.03. The van der Waals surface area contributed by atoms with Gasteiger partial charge >= 0.3 is 0 Å². The van der Waals surface area contributed by atoms with Crippen LogP contribution < -0.4 is 16.4 Å². The van der Waals surface area contributed by atoms with Crippen LogP contribution in [-0.2, 0) is 6.54 Å². The lowest BCUT2D eigenvalue weighted by atomic mass is 10.1. The van der Waals surface area contributed by atoms with Crippen LogP contribution in [0.3, 0.4) is 0 Å². The summed E-state index contributed by atoms with van der Waals surface area (Å²) in [6.07, 6.45) is 0. The Bertz CT molecular complexity index is 634. The van der Waals surface area contributed by atoms with Crippen LogP contribution in [0.5, 0.6) is 0 Å². The lowest BCUT2D eigenvalue weighted by Crippen LogP contribution is -2.21. The molecule has 1 aromatic heterocycles. The summed E-state index contributed by atoms with van der Waals surface area (Å²) in [6.45, 7) is 0.224. The summed E-state index contributed by atoms with van der Waals surface area (Å²) in [7, 11) is 1.53. The molecule has 4 N–H and O–H groups in total. The van der Waals surface area contributed by atoms with Gasteiger partial charge in [0, 0.05) is 7.05 Å². The van der Waals surface area contributed by atoms with E-state index in [1.54, 1.807) is 36.4 Å². The minimum absolute atomic E-state index is 0.150. The van der Waals surface area contributed by atoms with Crippen LogP contribution >= 0.6 is 0 Å². The van der Waals surface area contributed by atoms with Gasteiger partial charge in [0.25, 0.3) is 11.8 Å². The minimum atomic E-state index is -0.430. The molecule has 6 nitrogen and oxygen atoms in total. The van der Waals surface area contributed by atoms with Crippen LogP contribution in [0.2, 0.25) is 0 Å². The highest BCUT2D eigenvalue weighted by Crippen LogP contribution is 2.17. The van der Waals surface area contributed by atoms with E-state index >= 15 is 0 Å². The highest BCUT2D eigenvalue weighted by atomic mass is 16.4. The molecule has 0 spiro atoms. The van der Waals surface area contributed by atoms with Crippen LogP contribution in [0.4, 0.5) is 5.69 Å². The highest BCUT2D eigenvalue weighted by molar-refractivity contribution is 6.07. The van der Waals surface area contributed by atoms with Gasteiger partial charge in [-0.2, -0.15) is 0 Å². The number of hydrogen-bond donors (Lipinski definition) is 3. The molecule has 2 amide bonds. The van der Waals surface area contributed by atoms with Crippen LogP contribution in [0.25, 0.3) is 0 Å².